The second kappa shape index (κ2) is 8.81. The first kappa shape index (κ1) is 21.9. The maximum atomic E-state index is 14.7. The SMILES string of the molecule is Cc1cc2cnc(N3N=C(c4cc(F)ccc4F)SC3(CCCN)c3ccccc3)nc2s1. The molecule has 2 aromatic heterocycles. The van der Waals surface area contributed by atoms with Crippen molar-refractivity contribution in [2.24, 2.45) is 10.8 Å². The lowest BCUT2D eigenvalue weighted by Crippen LogP contribution is -2.39. The topological polar surface area (TPSA) is 67.4 Å². The van der Waals surface area contributed by atoms with Gasteiger partial charge in [0.2, 0.25) is 5.95 Å². The van der Waals surface area contributed by atoms with Crippen LogP contribution in [-0.4, -0.2) is 21.6 Å². The highest BCUT2D eigenvalue weighted by Gasteiger charge is 2.47. The lowest BCUT2D eigenvalue weighted by Gasteiger charge is -2.35. The fourth-order valence-corrected chi connectivity index (χ4v) is 6.21. The summed E-state index contributed by atoms with van der Waals surface area (Å²) in [5.74, 6) is -0.646. The van der Waals surface area contributed by atoms with E-state index in [9.17, 15) is 8.78 Å². The van der Waals surface area contributed by atoms with Crippen molar-refractivity contribution in [3.8, 4) is 0 Å². The average molecular weight is 482 g/mol. The molecule has 0 saturated carbocycles. The summed E-state index contributed by atoms with van der Waals surface area (Å²) in [5, 5.41) is 7.85. The fraction of sp³-hybridized carbons (Fsp3) is 0.208. The van der Waals surface area contributed by atoms with Gasteiger partial charge in [-0.05, 0) is 56.1 Å². The number of nitrogens with two attached hydrogens (primary N) is 1. The zero-order valence-electron chi connectivity index (χ0n) is 17.8. The van der Waals surface area contributed by atoms with Gasteiger partial charge in [-0.1, -0.05) is 42.1 Å². The number of hydrogen-bond acceptors (Lipinski definition) is 7. The summed E-state index contributed by atoms with van der Waals surface area (Å²) < 4.78 is 28.8. The van der Waals surface area contributed by atoms with Gasteiger partial charge >= 0.3 is 0 Å². The Labute approximate surface area is 198 Å². The molecule has 0 radical (unpaired) electrons. The van der Waals surface area contributed by atoms with Crippen molar-refractivity contribution >= 4 is 44.3 Å². The first-order valence-corrected chi connectivity index (χ1v) is 12.2. The molecular formula is C24H21F2N5S2. The molecule has 1 atom stereocenters. The largest absolute Gasteiger partial charge is 0.330 e. The number of hydrogen-bond donors (Lipinski definition) is 1. The van der Waals surface area contributed by atoms with E-state index in [0.29, 0.717) is 30.4 Å². The van der Waals surface area contributed by atoms with Crippen LogP contribution in [0.2, 0.25) is 0 Å². The summed E-state index contributed by atoms with van der Waals surface area (Å²) in [4.78, 5) is 10.6. The van der Waals surface area contributed by atoms with E-state index in [-0.39, 0.29) is 5.56 Å². The van der Waals surface area contributed by atoms with Gasteiger partial charge in [-0.3, -0.25) is 0 Å². The molecule has 2 aromatic carbocycles. The first-order valence-electron chi connectivity index (χ1n) is 10.5. The van der Waals surface area contributed by atoms with Gasteiger partial charge in [0, 0.05) is 22.0 Å². The van der Waals surface area contributed by atoms with E-state index >= 15 is 0 Å². The summed E-state index contributed by atoms with van der Waals surface area (Å²) in [6.45, 7) is 2.51. The lowest BCUT2D eigenvalue weighted by atomic mass is 10.0. The first-order chi connectivity index (χ1) is 16.0. The van der Waals surface area contributed by atoms with Gasteiger partial charge < -0.3 is 5.73 Å². The van der Waals surface area contributed by atoms with Crippen LogP contribution in [0.3, 0.4) is 0 Å². The summed E-state index contributed by atoms with van der Waals surface area (Å²) in [6, 6.07) is 15.3. The molecule has 1 unspecified atom stereocenters. The number of halogens is 2. The number of rotatable bonds is 6. The van der Waals surface area contributed by atoms with E-state index in [1.807, 2.05) is 43.3 Å². The molecule has 33 heavy (non-hydrogen) atoms. The summed E-state index contributed by atoms with van der Waals surface area (Å²) in [6.07, 6.45) is 3.10. The van der Waals surface area contributed by atoms with E-state index in [0.717, 1.165) is 32.8 Å². The van der Waals surface area contributed by atoms with Gasteiger partial charge in [-0.25, -0.2) is 23.8 Å². The minimum atomic E-state index is -0.755. The third-order valence-corrected chi connectivity index (χ3v) is 7.88. The average Bonchev–Trinajstić information content (AvgIpc) is 3.40. The number of nitrogens with zero attached hydrogens (tertiary/aromatic N) is 4. The van der Waals surface area contributed by atoms with Crippen LogP contribution in [-0.2, 0) is 4.87 Å². The number of thiophene rings is 1. The van der Waals surface area contributed by atoms with Crippen LogP contribution in [0.25, 0.3) is 10.2 Å². The van der Waals surface area contributed by atoms with E-state index in [1.54, 1.807) is 22.5 Å². The molecule has 0 aliphatic carbocycles. The van der Waals surface area contributed by atoms with E-state index in [1.165, 1.54) is 17.8 Å². The molecule has 168 valence electrons. The summed E-state index contributed by atoms with van der Waals surface area (Å²) in [5.41, 5.74) is 6.97. The Kier molecular flexibility index (Phi) is 5.86. The molecule has 0 bridgehead atoms. The standard InChI is InChI=1S/C24H21F2N5S2/c1-15-12-16-14-28-23(29-21(16)32-15)31-24(10-5-11-27,17-6-3-2-4-7-17)33-22(30-31)19-13-18(25)8-9-20(19)26/h2-4,6-9,12-14H,5,10-11,27H2,1H3. The van der Waals surface area contributed by atoms with Crippen molar-refractivity contribution in [2.45, 2.75) is 24.6 Å². The number of anilines is 1. The molecule has 0 fully saturated rings. The molecule has 0 saturated heterocycles. The highest BCUT2D eigenvalue weighted by Crippen LogP contribution is 2.51. The molecule has 0 spiro atoms. The van der Waals surface area contributed by atoms with E-state index in [2.05, 4.69) is 4.98 Å². The Balaban J connectivity index is 1.71. The monoisotopic (exact) mass is 481 g/mol. The van der Waals surface area contributed by atoms with Crippen LogP contribution < -0.4 is 10.7 Å². The molecule has 1 aliphatic heterocycles. The molecule has 9 heteroatoms. The van der Waals surface area contributed by atoms with Crippen LogP contribution in [0.5, 0.6) is 0 Å². The fourth-order valence-electron chi connectivity index (χ4n) is 3.94. The van der Waals surface area contributed by atoms with Crippen molar-refractivity contribution in [2.75, 3.05) is 11.6 Å². The van der Waals surface area contributed by atoms with Crippen LogP contribution in [0.4, 0.5) is 14.7 Å². The van der Waals surface area contributed by atoms with Gasteiger partial charge in [0.1, 0.15) is 26.4 Å². The van der Waals surface area contributed by atoms with Crippen LogP contribution in [0.15, 0.2) is 65.9 Å². The molecule has 4 aromatic rings. The van der Waals surface area contributed by atoms with E-state index < -0.39 is 16.5 Å². The van der Waals surface area contributed by atoms with Gasteiger partial charge in [-0.15, -0.1) is 11.3 Å². The number of aromatic nitrogens is 2. The number of fused-ring (bicyclic) bond motifs is 1. The van der Waals surface area contributed by atoms with Crippen LogP contribution >= 0.6 is 23.1 Å². The smallest absolute Gasteiger partial charge is 0.249 e. The number of thioether (sulfide) groups is 1. The second-order valence-electron chi connectivity index (χ2n) is 7.77. The van der Waals surface area contributed by atoms with Crippen molar-refractivity contribution in [3.05, 3.63) is 88.4 Å². The van der Waals surface area contributed by atoms with Crippen LogP contribution in [0.1, 0.15) is 28.8 Å². The molecule has 5 nitrogen and oxygen atoms in total. The Hall–Kier alpha value is -2.88. The number of benzene rings is 2. The third-order valence-electron chi connectivity index (χ3n) is 5.48. The summed E-state index contributed by atoms with van der Waals surface area (Å²) in [7, 11) is 0. The van der Waals surface area contributed by atoms with Crippen molar-refractivity contribution in [1.82, 2.24) is 9.97 Å². The van der Waals surface area contributed by atoms with Gasteiger partial charge in [-0.2, -0.15) is 5.10 Å². The summed E-state index contributed by atoms with van der Waals surface area (Å²) >= 11 is 2.96. The zero-order chi connectivity index (χ0) is 23.0. The van der Waals surface area contributed by atoms with E-state index in [4.69, 9.17) is 15.8 Å². The maximum absolute atomic E-state index is 14.7. The highest BCUT2D eigenvalue weighted by atomic mass is 32.2. The molecule has 5 rings (SSSR count). The number of aryl methyl sites for hydroxylation is 1. The molecule has 0 amide bonds. The Morgan fingerprint density at radius 1 is 1.09 bits per heavy atom. The lowest BCUT2D eigenvalue weighted by molar-refractivity contribution is 0.519. The quantitative estimate of drug-likeness (QED) is 0.378. The third kappa shape index (κ3) is 4.01. The molecule has 3 heterocycles. The predicted octanol–water partition coefficient (Wildman–Crippen LogP) is 5.78. The van der Waals surface area contributed by atoms with Crippen LogP contribution in [0, 0.1) is 18.6 Å². The maximum Gasteiger partial charge on any atom is 0.249 e. The number of hydrazone groups is 1. The van der Waals surface area contributed by atoms with Crippen molar-refractivity contribution in [1.29, 1.82) is 0 Å². The van der Waals surface area contributed by atoms with Gasteiger partial charge in [0.15, 0.2) is 0 Å². The Morgan fingerprint density at radius 2 is 1.91 bits per heavy atom. The van der Waals surface area contributed by atoms with Crippen molar-refractivity contribution < 1.29 is 8.78 Å². The predicted molar refractivity (Wildman–Crippen MR) is 132 cm³/mol. The Bertz CT molecular complexity index is 1340. The molecule has 2 N–H and O–H groups in total. The van der Waals surface area contributed by atoms with Gasteiger partial charge in [0.25, 0.3) is 0 Å². The van der Waals surface area contributed by atoms with Crippen molar-refractivity contribution in [3.63, 3.8) is 0 Å². The normalized spacial score (nSPS) is 18.2. The zero-order valence-corrected chi connectivity index (χ0v) is 19.5. The Morgan fingerprint density at radius 3 is 2.70 bits per heavy atom. The highest BCUT2D eigenvalue weighted by molar-refractivity contribution is 8.15. The minimum absolute atomic E-state index is 0.114. The van der Waals surface area contributed by atoms with Gasteiger partial charge in [0.05, 0.1) is 0 Å². The molecule has 1 aliphatic rings. The second-order valence-corrected chi connectivity index (χ2v) is 10.3. The minimum Gasteiger partial charge on any atom is -0.330 e. The molecular weight excluding hydrogens is 460 g/mol.